The lowest BCUT2D eigenvalue weighted by Gasteiger charge is -2.35. The number of thioether (sulfide) groups is 1. The average Bonchev–Trinajstić information content (AvgIpc) is 3.72. The summed E-state index contributed by atoms with van der Waals surface area (Å²) in [4.78, 5) is 81.2. The number of fused-ring (bicyclic) bond motifs is 1. The van der Waals surface area contributed by atoms with E-state index in [2.05, 4.69) is 26.1 Å². The van der Waals surface area contributed by atoms with Crippen LogP contribution in [0.25, 0.3) is 10.9 Å². The molecular formula is C39H45ClN6O6S. The maximum Gasteiger partial charge on any atom is 0.289 e. The van der Waals surface area contributed by atoms with Gasteiger partial charge < -0.3 is 25.7 Å². The molecule has 3 aromatic rings. The first-order valence-electron chi connectivity index (χ1n) is 18.0. The van der Waals surface area contributed by atoms with E-state index < -0.39 is 52.6 Å². The van der Waals surface area contributed by atoms with Gasteiger partial charge in [0, 0.05) is 45.9 Å². The van der Waals surface area contributed by atoms with Crippen LogP contribution in [0.5, 0.6) is 0 Å². The van der Waals surface area contributed by atoms with E-state index in [4.69, 9.17) is 16.4 Å². The number of benzene rings is 2. The van der Waals surface area contributed by atoms with Gasteiger partial charge in [-0.05, 0) is 48.9 Å². The van der Waals surface area contributed by atoms with Crippen LogP contribution >= 0.6 is 23.4 Å². The first kappa shape index (κ1) is 38.2. The fraction of sp³-hybridized carbons (Fsp3) is 0.462. The summed E-state index contributed by atoms with van der Waals surface area (Å²) in [5.41, 5.74) is 0.363. The van der Waals surface area contributed by atoms with Gasteiger partial charge in [-0.15, -0.1) is 11.8 Å². The molecule has 280 valence electrons. The highest BCUT2D eigenvalue weighted by Crippen LogP contribution is 2.40. The van der Waals surface area contributed by atoms with E-state index in [0.29, 0.717) is 23.6 Å². The van der Waals surface area contributed by atoms with Gasteiger partial charge in [0.1, 0.15) is 12.1 Å². The van der Waals surface area contributed by atoms with E-state index in [0.717, 1.165) is 34.2 Å². The second kappa shape index (κ2) is 15.9. The summed E-state index contributed by atoms with van der Waals surface area (Å²) in [6, 6.07) is 13.6. The maximum atomic E-state index is 14.7. The van der Waals surface area contributed by atoms with Crippen molar-refractivity contribution in [3.05, 3.63) is 71.4 Å². The van der Waals surface area contributed by atoms with Crippen molar-refractivity contribution in [1.29, 1.82) is 0 Å². The van der Waals surface area contributed by atoms with Crippen molar-refractivity contribution in [2.24, 2.45) is 10.6 Å². The van der Waals surface area contributed by atoms with Crippen molar-refractivity contribution in [1.82, 2.24) is 25.8 Å². The van der Waals surface area contributed by atoms with Crippen LogP contribution < -0.4 is 16.0 Å². The first-order chi connectivity index (χ1) is 25.3. The van der Waals surface area contributed by atoms with Crippen molar-refractivity contribution in [3.63, 3.8) is 0 Å². The molecule has 12 nitrogen and oxygen atoms in total. The van der Waals surface area contributed by atoms with E-state index in [1.807, 2.05) is 70.2 Å². The van der Waals surface area contributed by atoms with E-state index in [1.54, 1.807) is 18.3 Å². The Labute approximate surface area is 318 Å². The number of amides is 4. The van der Waals surface area contributed by atoms with Crippen molar-refractivity contribution in [3.8, 4) is 0 Å². The molecule has 6 rings (SSSR count). The lowest BCUT2D eigenvalue weighted by Crippen LogP contribution is -2.59. The second-order valence-electron chi connectivity index (χ2n) is 15.1. The third kappa shape index (κ3) is 9.01. The molecule has 1 aliphatic carbocycles. The van der Waals surface area contributed by atoms with Crippen molar-refractivity contribution < 1.29 is 28.8 Å². The van der Waals surface area contributed by atoms with E-state index in [1.165, 1.54) is 16.7 Å². The molecule has 3 heterocycles. The van der Waals surface area contributed by atoms with Crippen molar-refractivity contribution in [2.45, 2.75) is 101 Å². The Morgan fingerprint density at radius 2 is 1.81 bits per heavy atom. The minimum absolute atomic E-state index is 0.00488. The second-order valence-corrected chi connectivity index (χ2v) is 16.6. The van der Waals surface area contributed by atoms with E-state index in [9.17, 15) is 24.0 Å². The minimum atomic E-state index is -1.08. The van der Waals surface area contributed by atoms with Gasteiger partial charge in [-0.1, -0.05) is 81.2 Å². The van der Waals surface area contributed by atoms with Crippen LogP contribution in [0.2, 0.25) is 5.02 Å². The van der Waals surface area contributed by atoms with Crippen LogP contribution in [0.15, 0.2) is 70.8 Å². The number of oxime groups is 1. The number of nitrogens with one attached hydrogen (secondary N) is 3. The molecule has 14 heteroatoms. The molecule has 2 aromatic carbocycles. The summed E-state index contributed by atoms with van der Waals surface area (Å²) >= 11 is 7.59. The molecule has 3 N–H and O–H groups in total. The zero-order valence-electron chi connectivity index (χ0n) is 30.3. The molecule has 1 aromatic heterocycles. The number of halogens is 1. The Kier molecular flexibility index (Phi) is 11.4. The molecule has 1 spiro atoms. The maximum absolute atomic E-state index is 14.7. The molecule has 4 atom stereocenters. The van der Waals surface area contributed by atoms with Crippen molar-refractivity contribution in [2.75, 3.05) is 12.3 Å². The summed E-state index contributed by atoms with van der Waals surface area (Å²) in [5, 5.41) is 14.3. The number of nitrogens with zero attached hydrogens (tertiary/aromatic N) is 3. The number of hydrogen-bond donors (Lipinski definition) is 3. The monoisotopic (exact) mass is 760 g/mol. The van der Waals surface area contributed by atoms with Gasteiger partial charge in [0.15, 0.2) is 5.60 Å². The Morgan fingerprint density at radius 1 is 1.06 bits per heavy atom. The summed E-state index contributed by atoms with van der Waals surface area (Å²) in [7, 11) is 0. The highest BCUT2D eigenvalue weighted by molar-refractivity contribution is 8.00. The van der Waals surface area contributed by atoms with Crippen molar-refractivity contribution >= 4 is 69.4 Å². The molecule has 2 aliphatic heterocycles. The van der Waals surface area contributed by atoms with Crippen LogP contribution in [0, 0.1) is 5.41 Å². The minimum Gasteiger partial charge on any atom is -0.387 e. The number of ketones is 1. The third-order valence-electron chi connectivity index (χ3n) is 9.70. The Bertz CT molecular complexity index is 1940. The summed E-state index contributed by atoms with van der Waals surface area (Å²) in [6.45, 7) is 7.40. The molecule has 1 saturated carbocycles. The molecule has 2 fully saturated rings. The summed E-state index contributed by atoms with van der Waals surface area (Å²) in [5.74, 6) is -2.82. The van der Waals surface area contributed by atoms with Gasteiger partial charge >= 0.3 is 0 Å². The van der Waals surface area contributed by atoms with Crippen LogP contribution in [-0.4, -0.2) is 87.1 Å². The van der Waals surface area contributed by atoms with Crippen LogP contribution in [0.3, 0.4) is 0 Å². The SMILES string of the molecule is CCC[C@H](NC(=O)[C@@H]1C[C@]2(CC(c3cccc(Cl)c3)=NO2)CN1C(=O)[C@@H](NC(=O)CSc1cccc2cccnc12)C(C)(C)C)C(=O)C(=O)NC1CC1. The molecule has 4 amide bonds. The summed E-state index contributed by atoms with van der Waals surface area (Å²) < 4.78 is 0. The highest BCUT2D eigenvalue weighted by Gasteiger charge is 2.55. The number of hydrogen-bond acceptors (Lipinski definition) is 9. The zero-order valence-corrected chi connectivity index (χ0v) is 31.9. The average molecular weight is 761 g/mol. The first-order valence-corrected chi connectivity index (χ1v) is 19.4. The fourth-order valence-corrected chi connectivity index (χ4v) is 7.82. The molecule has 0 radical (unpaired) electrons. The van der Waals surface area contributed by atoms with Gasteiger partial charge in [-0.3, -0.25) is 29.0 Å². The topological polar surface area (TPSA) is 159 Å². The molecular weight excluding hydrogens is 716 g/mol. The molecule has 3 aliphatic rings. The number of carbonyl (C=O) groups excluding carboxylic acids is 5. The normalized spacial score (nSPS) is 20.7. The smallest absolute Gasteiger partial charge is 0.289 e. The number of carbonyl (C=O) groups is 5. The van der Waals surface area contributed by atoms with Crippen LogP contribution in [0.4, 0.5) is 0 Å². The number of rotatable bonds is 13. The van der Waals surface area contributed by atoms with Gasteiger partial charge in [-0.25, -0.2) is 0 Å². The van der Waals surface area contributed by atoms with Gasteiger partial charge in [0.05, 0.1) is 29.6 Å². The molecule has 0 bridgehead atoms. The predicted octanol–water partition coefficient (Wildman–Crippen LogP) is 4.81. The lowest BCUT2D eigenvalue weighted by molar-refractivity contribution is -0.145. The molecule has 1 saturated heterocycles. The van der Waals surface area contributed by atoms with E-state index >= 15 is 0 Å². The van der Waals surface area contributed by atoms with Gasteiger partial charge in [0.25, 0.3) is 5.91 Å². The third-order valence-corrected chi connectivity index (χ3v) is 11.0. The number of Topliss-reactive ketones (excluding diaryl/α,β-unsaturated/α-hetero) is 1. The molecule has 0 unspecified atom stereocenters. The molecule has 53 heavy (non-hydrogen) atoms. The quantitative estimate of drug-likeness (QED) is 0.166. The number of para-hydroxylation sites is 1. The Morgan fingerprint density at radius 3 is 2.53 bits per heavy atom. The Balaban J connectivity index is 1.23. The van der Waals surface area contributed by atoms with Crippen LogP contribution in [0.1, 0.15) is 71.8 Å². The van der Waals surface area contributed by atoms with Gasteiger partial charge in [-0.2, -0.15) is 0 Å². The summed E-state index contributed by atoms with van der Waals surface area (Å²) in [6.07, 6.45) is 4.49. The highest BCUT2D eigenvalue weighted by atomic mass is 35.5. The lowest BCUT2D eigenvalue weighted by atomic mass is 9.85. The van der Waals surface area contributed by atoms with E-state index in [-0.39, 0.29) is 37.1 Å². The zero-order chi connectivity index (χ0) is 37.9. The number of likely N-dealkylation sites (tertiary alicyclic amines) is 1. The number of aromatic nitrogens is 1. The fourth-order valence-electron chi connectivity index (χ4n) is 6.77. The number of pyridine rings is 1. The Hall–Kier alpha value is -4.49. The largest absolute Gasteiger partial charge is 0.387 e. The van der Waals surface area contributed by atoms with Gasteiger partial charge in [0.2, 0.25) is 23.5 Å². The van der Waals surface area contributed by atoms with Crippen LogP contribution in [-0.2, 0) is 28.8 Å². The predicted molar refractivity (Wildman–Crippen MR) is 203 cm³/mol. The standard InChI is InChI=1S/C39H45ClN6O6S/c1-5-9-27(33(48)36(50)42-26-15-16-26)43-35(49)29-20-39(19-28(45-52-39)24-11-6-13-25(40)18-24)22-46(29)37(51)34(38(2,3)4)44-31(47)21-53-30-14-7-10-23-12-8-17-41-32(23)30/h6-8,10-14,17-18,26-27,29,34H,5,9,15-16,19-22H2,1-4H3,(H,42,50)(H,43,49)(H,44,47)/t27-,29-,34+,39+/m0/s1.